The number of carbonyl (C=O) groups excluding carboxylic acids is 1. The molecule has 3 aromatic rings. The quantitative estimate of drug-likeness (QED) is 0.664. The van der Waals surface area contributed by atoms with Gasteiger partial charge in [-0.1, -0.05) is 0 Å². The van der Waals surface area contributed by atoms with Gasteiger partial charge in [0, 0.05) is 6.20 Å². The zero-order valence-electron chi connectivity index (χ0n) is 13.2. The maximum Gasteiger partial charge on any atom is 0.261 e. The van der Waals surface area contributed by atoms with Crippen molar-refractivity contribution in [3.8, 4) is 11.6 Å². The summed E-state index contributed by atoms with van der Waals surface area (Å²) in [4.78, 5) is 33.3. The van der Waals surface area contributed by atoms with Crippen molar-refractivity contribution in [3.63, 3.8) is 0 Å². The van der Waals surface area contributed by atoms with E-state index in [4.69, 9.17) is 9.47 Å². The first-order chi connectivity index (χ1) is 11.6. The van der Waals surface area contributed by atoms with Gasteiger partial charge in [0.05, 0.1) is 43.6 Å². The van der Waals surface area contributed by atoms with Gasteiger partial charge in [-0.3, -0.25) is 14.2 Å². The van der Waals surface area contributed by atoms with Crippen molar-refractivity contribution in [1.29, 1.82) is 0 Å². The van der Waals surface area contributed by atoms with E-state index < -0.39 is 0 Å². The first-order valence-corrected chi connectivity index (χ1v) is 7.19. The predicted molar refractivity (Wildman–Crippen MR) is 87.7 cm³/mol. The van der Waals surface area contributed by atoms with Gasteiger partial charge in [0.1, 0.15) is 5.75 Å². The second-order valence-corrected chi connectivity index (χ2v) is 5.04. The lowest BCUT2D eigenvalue weighted by atomic mass is 10.1. The molecule has 24 heavy (non-hydrogen) atoms. The molecular weight excluding hydrogens is 310 g/mol. The summed E-state index contributed by atoms with van der Waals surface area (Å²) in [6, 6.07) is 8.28. The molecule has 0 atom stereocenters. The molecule has 3 rings (SSSR count). The number of rotatable bonds is 5. The first-order valence-electron chi connectivity index (χ1n) is 7.19. The van der Waals surface area contributed by atoms with Crippen LogP contribution < -0.4 is 15.0 Å². The first kappa shape index (κ1) is 15.7. The fraction of sp³-hybridized carbons (Fsp3) is 0.176. The predicted octanol–water partition coefficient (Wildman–Crippen LogP) is 1.69. The Labute approximate surface area is 137 Å². The fourth-order valence-electron chi connectivity index (χ4n) is 2.38. The smallest absolute Gasteiger partial charge is 0.261 e. The lowest BCUT2D eigenvalue weighted by Crippen LogP contribution is -2.25. The highest BCUT2D eigenvalue weighted by atomic mass is 16.5. The minimum atomic E-state index is -0.310. The van der Waals surface area contributed by atoms with E-state index in [2.05, 4.69) is 9.97 Å². The molecule has 0 spiro atoms. The summed E-state index contributed by atoms with van der Waals surface area (Å²) in [5.74, 6) is 0.497. The van der Waals surface area contributed by atoms with E-state index in [9.17, 15) is 9.59 Å². The standard InChI is InChI=1S/C17H15N3O4/c1-23-11-5-6-14-13(8-11)17(22)20(10-19-14)9-15(21)12-4-3-7-18-16(12)24-2/h3-8,10H,9H2,1-2H3. The van der Waals surface area contributed by atoms with Gasteiger partial charge in [0.15, 0.2) is 5.78 Å². The summed E-state index contributed by atoms with van der Waals surface area (Å²) in [5, 5.41) is 0.391. The molecule has 0 amide bonds. The Morgan fingerprint density at radius 1 is 1.17 bits per heavy atom. The van der Waals surface area contributed by atoms with Crippen molar-refractivity contribution in [2.45, 2.75) is 6.54 Å². The highest BCUT2D eigenvalue weighted by Gasteiger charge is 2.15. The molecule has 7 heteroatoms. The zero-order valence-corrected chi connectivity index (χ0v) is 13.2. The van der Waals surface area contributed by atoms with Crippen LogP contribution in [0.5, 0.6) is 11.6 Å². The van der Waals surface area contributed by atoms with Crippen LogP contribution in [0, 0.1) is 0 Å². The summed E-state index contributed by atoms with van der Waals surface area (Å²) in [7, 11) is 2.96. The van der Waals surface area contributed by atoms with Crippen LogP contribution in [0.4, 0.5) is 0 Å². The molecule has 0 bridgehead atoms. The minimum absolute atomic E-state index is 0.152. The number of Topliss-reactive ketones (excluding diaryl/α,β-unsaturated/α-hetero) is 1. The van der Waals surface area contributed by atoms with Crippen LogP contribution in [0.25, 0.3) is 10.9 Å². The summed E-state index contributed by atoms with van der Waals surface area (Å²) in [5.41, 5.74) is 0.552. The van der Waals surface area contributed by atoms with Gasteiger partial charge in [-0.05, 0) is 30.3 Å². The number of methoxy groups -OCH3 is 2. The molecule has 0 saturated carbocycles. The van der Waals surface area contributed by atoms with Crippen molar-refractivity contribution in [2.24, 2.45) is 0 Å². The van der Waals surface area contributed by atoms with Crippen LogP contribution in [0.3, 0.4) is 0 Å². The maximum absolute atomic E-state index is 12.6. The molecule has 0 N–H and O–H groups in total. The molecule has 0 saturated heterocycles. The Morgan fingerprint density at radius 2 is 2.00 bits per heavy atom. The Balaban J connectivity index is 1.99. The summed E-state index contributed by atoms with van der Waals surface area (Å²) in [6.45, 7) is -0.152. The fourth-order valence-corrected chi connectivity index (χ4v) is 2.38. The van der Waals surface area contributed by atoms with Gasteiger partial charge >= 0.3 is 0 Å². The van der Waals surface area contributed by atoms with Crippen LogP contribution in [-0.2, 0) is 6.54 Å². The van der Waals surface area contributed by atoms with E-state index in [1.165, 1.54) is 31.3 Å². The molecular formula is C17H15N3O4. The van der Waals surface area contributed by atoms with Gasteiger partial charge < -0.3 is 9.47 Å². The third-order valence-corrected chi connectivity index (χ3v) is 3.61. The van der Waals surface area contributed by atoms with E-state index in [0.29, 0.717) is 22.2 Å². The van der Waals surface area contributed by atoms with E-state index in [1.54, 1.807) is 30.3 Å². The van der Waals surface area contributed by atoms with Gasteiger partial charge in [-0.15, -0.1) is 0 Å². The number of hydrogen-bond acceptors (Lipinski definition) is 6. The number of hydrogen-bond donors (Lipinski definition) is 0. The number of carbonyl (C=O) groups is 1. The number of pyridine rings is 1. The van der Waals surface area contributed by atoms with Crippen LogP contribution in [-0.4, -0.2) is 34.5 Å². The van der Waals surface area contributed by atoms with Gasteiger partial charge in [-0.25, -0.2) is 9.97 Å². The Hall–Kier alpha value is -3.22. The number of nitrogens with zero attached hydrogens (tertiary/aromatic N) is 3. The van der Waals surface area contributed by atoms with Crippen LogP contribution in [0.15, 0.2) is 47.7 Å². The molecule has 0 fully saturated rings. The third kappa shape index (κ3) is 2.83. The lowest BCUT2D eigenvalue weighted by molar-refractivity contribution is 0.0967. The van der Waals surface area contributed by atoms with Crippen molar-refractivity contribution in [2.75, 3.05) is 14.2 Å². The lowest BCUT2D eigenvalue weighted by Gasteiger charge is -2.09. The van der Waals surface area contributed by atoms with Crippen molar-refractivity contribution in [3.05, 3.63) is 58.8 Å². The maximum atomic E-state index is 12.6. The van der Waals surface area contributed by atoms with Crippen molar-refractivity contribution in [1.82, 2.24) is 14.5 Å². The number of benzene rings is 1. The molecule has 0 aliphatic heterocycles. The second kappa shape index (κ2) is 6.49. The summed E-state index contributed by atoms with van der Waals surface area (Å²) in [6.07, 6.45) is 2.89. The molecule has 2 aromatic heterocycles. The molecule has 0 aliphatic carbocycles. The Kier molecular flexibility index (Phi) is 4.24. The zero-order chi connectivity index (χ0) is 17.1. The average Bonchev–Trinajstić information content (AvgIpc) is 2.63. The second-order valence-electron chi connectivity index (χ2n) is 5.04. The van der Waals surface area contributed by atoms with E-state index >= 15 is 0 Å². The molecule has 0 radical (unpaired) electrons. The number of ether oxygens (including phenoxy) is 2. The molecule has 122 valence electrons. The number of aromatic nitrogens is 3. The normalized spacial score (nSPS) is 10.6. The van der Waals surface area contributed by atoms with Crippen molar-refractivity contribution < 1.29 is 14.3 Å². The third-order valence-electron chi connectivity index (χ3n) is 3.61. The molecule has 0 aliphatic rings. The van der Waals surface area contributed by atoms with Crippen LogP contribution in [0.2, 0.25) is 0 Å². The topological polar surface area (TPSA) is 83.3 Å². The van der Waals surface area contributed by atoms with Gasteiger partial charge in [0.25, 0.3) is 5.56 Å². The van der Waals surface area contributed by atoms with E-state index in [1.807, 2.05) is 0 Å². The van der Waals surface area contributed by atoms with Gasteiger partial charge in [-0.2, -0.15) is 0 Å². The molecule has 2 heterocycles. The highest BCUT2D eigenvalue weighted by Crippen LogP contribution is 2.17. The largest absolute Gasteiger partial charge is 0.497 e. The Bertz CT molecular complexity index is 965. The monoisotopic (exact) mass is 325 g/mol. The van der Waals surface area contributed by atoms with Crippen LogP contribution in [0.1, 0.15) is 10.4 Å². The summed E-state index contributed by atoms with van der Waals surface area (Å²) < 4.78 is 11.5. The number of fused-ring (bicyclic) bond motifs is 1. The molecule has 7 nitrogen and oxygen atoms in total. The van der Waals surface area contributed by atoms with Crippen molar-refractivity contribution >= 4 is 16.7 Å². The van der Waals surface area contributed by atoms with Crippen LogP contribution >= 0.6 is 0 Å². The Morgan fingerprint density at radius 3 is 2.75 bits per heavy atom. The average molecular weight is 325 g/mol. The highest BCUT2D eigenvalue weighted by molar-refractivity contribution is 5.98. The molecule has 0 unspecified atom stereocenters. The van der Waals surface area contributed by atoms with Gasteiger partial charge in [0.2, 0.25) is 5.88 Å². The summed E-state index contributed by atoms with van der Waals surface area (Å²) >= 11 is 0. The van der Waals surface area contributed by atoms with E-state index in [-0.39, 0.29) is 23.8 Å². The minimum Gasteiger partial charge on any atom is -0.497 e. The van der Waals surface area contributed by atoms with E-state index in [0.717, 1.165) is 0 Å². The SMILES string of the molecule is COc1ccc2ncn(CC(=O)c3cccnc3OC)c(=O)c2c1. The number of ketones is 1. The molecule has 1 aromatic carbocycles.